The van der Waals surface area contributed by atoms with Gasteiger partial charge in [-0.15, -0.1) is 5.73 Å². The zero-order chi connectivity index (χ0) is 20.2. The van der Waals surface area contributed by atoms with E-state index in [1.54, 1.807) is 12.3 Å². The Bertz CT molecular complexity index is 1060. The smallest absolute Gasteiger partial charge is 0.309 e. The summed E-state index contributed by atoms with van der Waals surface area (Å²) in [5.74, 6) is 0.436. The second-order valence-corrected chi connectivity index (χ2v) is 7.04. The van der Waals surface area contributed by atoms with E-state index in [0.29, 0.717) is 6.42 Å². The summed E-state index contributed by atoms with van der Waals surface area (Å²) in [5, 5.41) is 9.76. The van der Waals surface area contributed by atoms with Crippen molar-refractivity contribution in [1.29, 1.82) is 0 Å². The van der Waals surface area contributed by atoms with E-state index >= 15 is 0 Å². The molecular weight excluding hydrogens is 364 g/mol. The van der Waals surface area contributed by atoms with E-state index < -0.39 is 12.2 Å². The summed E-state index contributed by atoms with van der Waals surface area (Å²) in [5.41, 5.74) is 7.06. The lowest BCUT2D eigenvalue weighted by atomic mass is 10.0. The normalized spacial score (nSPS) is 18.6. The van der Waals surface area contributed by atoms with E-state index in [9.17, 15) is 9.90 Å². The quantitative estimate of drug-likeness (QED) is 0.539. The molecule has 2 atom stereocenters. The van der Waals surface area contributed by atoms with Crippen molar-refractivity contribution in [2.45, 2.75) is 32.0 Å². The molecule has 0 bridgehead atoms. The Hall–Kier alpha value is -3.40. The van der Waals surface area contributed by atoms with E-state index in [4.69, 9.17) is 9.72 Å². The molecule has 4 rings (SSSR count). The first kappa shape index (κ1) is 18.9. The number of benzene rings is 2. The Kier molecular flexibility index (Phi) is 5.43. The Balaban J connectivity index is 1.76. The highest BCUT2D eigenvalue weighted by Crippen LogP contribution is 2.32. The standard InChI is InChI=1S/C24H22N2O3/c1-17-25-23(18-9-4-2-5-10-18)24(19-11-6-3-7-12-19)26(17)14-8-13-21-15-20(27)16-22(28)29-21/h2-7,9-14,20-21,27H,15-16H2,1H3. The van der Waals surface area contributed by atoms with Gasteiger partial charge in [0.05, 0.1) is 30.1 Å². The number of rotatable bonds is 4. The summed E-state index contributed by atoms with van der Waals surface area (Å²) in [6.07, 6.45) is 2.77. The van der Waals surface area contributed by atoms with Gasteiger partial charge in [-0.2, -0.15) is 0 Å². The van der Waals surface area contributed by atoms with E-state index in [0.717, 1.165) is 28.3 Å². The van der Waals surface area contributed by atoms with E-state index in [2.05, 4.69) is 17.9 Å². The van der Waals surface area contributed by atoms with Crippen LogP contribution >= 0.6 is 0 Å². The maximum atomic E-state index is 11.5. The summed E-state index contributed by atoms with van der Waals surface area (Å²) in [6.45, 7) is 1.95. The third-order valence-electron chi connectivity index (χ3n) is 4.86. The minimum Gasteiger partial charge on any atom is -0.457 e. The number of esters is 1. The second-order valence-electron chi connectivity index (χ2n) is 7.04. The summed E-state index contributed by atoms with van der Waals surface area (Å²) in [6, 6.07) is 20.1. The van der Waals surface area contributed by atoms with Crippen LogP contribution in [0.15, 0.2) is 72.5 Å². The molecule has 0 saturated carbocycles. The molecule has 1 N–H and O–H groups in total. The van der Waals surface area contributed by atoms with E-state index in [-0.39, 0.29) is 12.4 Å². The first-order chi connectivity index (χ1) is 14.1. The highest BCUT2D eigenvalue weighted by Gasteiger charge is 2.25. The van der Waals surface area contributed by atoms with Crippen LogP contribution in [0.2, 0.25) is 0 Å². The largest absolute Gasteiger partial charge is 0.457 e. The number of aryl methyl sites for hydroxylation is 1. The van der Waals surface area contributed by atoms with Crippen LogP contribution in [0.4, 0.5) is 0 Å². The SMILES string of the molecule is Cc1nc(-c2ccccc2)c(-c2ccccc2)n1C=C=CC1CC(O)CC(=O)O1. The lowest BCUT2D eigenvalue weighted by Crippen LogP contribution is -2.31. The minimum absolute atomic E-state index is 0.0489. The first-order valence-corrected chi connectivity index (χ1v) is 9.62. The van der Waals surface area contributed by atoms with Crippen LogP contribution in [-0.4, -0.2) is 32.8 Å². The van der Waals surface area contributed by atoms with Crippen LogP contribution in [0.25, 0.3) is 28.7 Å². The van der Waals surface area contributed by atoms with E-state index in [1.807, 2.05) is 60.0 Å². The Morgan fingerprint density at radius 3 is 2.41 bits per heavy atom. The van der Waals surface area contributed by atoms with Gasteiger partial charge in [0, 0.05) is 17.5 Å². The van der Waals surface area contributed by atoms with Crippen LogP contribution in [0.3, 0.4) is 0 Å². The minimum atomic E-state index is -0.668. The molecule has 1 aliphatic heterocycles. The molecule has 0 aliphatic carbocycles. The fraction of sp³-hybridized carbons (Fsp3) is 0.208. The number of imidazole rings is 1. The molecule has 0 amide bonds. The molecule has 0 radical (unpaired) electrons. The van der Waals surface area contributed by atoms with Crippen molar-refractivity contribution in [3.8, 4) is 22.5 Å². The van der Waals surface area contributed by atoms with Crippen molar-refractivity contribution in [2.24, 2.45) is 0 Å². The van der Waals surface area contributed by atoms with Crippen molar-refractivity contribution >= 4 is 12.2 Å². The predicted octanol–water partition coefficient (Wildman–Crippen LogP) is 4.22. The highest BCUT2D eigenvalue weighted by molar-refractivity contribution is 5.80. The number of hydrogen-bond acceptors (Lipinski definition) is 4. The fourth-order valence-electron chi connectivity index (χ4n) is 3.51. The molecule has 2 heterocycles. The lowest BCUT2D eigenvalue weighted by molar-refractivity contribution is -0.156. The Morgan fingerprint density at radius 1 is 1.10 bits per heavy atom. The van der Waals surface area contributed by atoms with Crippen LogP contribution in [0.1, 0.15) is 18.7 Å². The molecule has 2 unspecified atom stereocenters. The summed E-state index contributed by atoms with van der Waals surface area (Å²) < 4.78 is 7.23. The molecule has 5 nitrogen and oxygen atoms in total. The van der Waals surface area contributed by atoms with Gasteiger partial charge in [0.15, 0.2) is 0 Å². The van der Waals surface area contributed by atoms with Gasteiger partial charge in [-0.1, -0.05) is 60.7 Å². The van der Waals surface area contributed by atoms with Gasteiger partial charge >= 0.3 is 5.97 Å². The zero-order valence-corrected chi connectivity index (χ0v) is 16.2. The van der Waals surface area contributed by atoms with Crippen LogP contribution in [-0.2, 0) is 9.53 Å². The lowest BCUT2D eigenvalue weighted by Gasteiger charge is -2.22. The van der Waals surface area contributed by atoms with Gasteiger partial charge in [0.2, 0.25) is 0 Å². The second kappa shape index (κ2) is 8.31. The van der Waals surface area contributed by atoms with Crippen molar-refractivity contribution in [2.75, 3.05) is 0 Å². The first-order valence-electron chi connectivity index (χ1n) is 9.62. The van der Waals surface area contributed by atoms with Crippen molar-refractivity contribution in [1.82, 2.24) is 9.55 Å². The van der Waals surface area contributed by atoms with Crippen molar-refractivity contribution < 1.29 is 14.6 Å². The van der Waals surface area contributed by atoms with Gasteiger partial charge in [-0.05, 0) is 13.0 Å². The van der Waals surface area contributed by atoms with Crippen LogP contribution in [0, 0.1) is 6.92 Å². The number of aliphatic hydroxyl groups excluding tert-OH is 1. The molecular formula is C24H22N2O3. The van der Waals surface area contributed by atoms with Crippen molar-refractivity contribution in [3.05, 3.63) is 78.3 Å². The van der Waals surface area contributed by atoms with Crippen molar-refractivity contribution in [3.63, 3.8) is 0 Å². The average Bonchev–Trinajstić information content (AvgIpc) is 3.05. The highest BCUT2D eigenvalue weighted by atomic mass is 16.5. The molecule has 29 heavy (non-hydrogen) atoms. The molecule has 3 aromatic rings. The van der Waals surface area contributed by atoms with E-state index in [1.165, 1.54) is 0 Å². The number of carbonyl (C=O) groups excluding carboxylic acids is 1. The summed E-state index contributed by atoms with van der Waals surface area (Å²) >= 11 is 0. The zero-order valence-electron chi connectivity index (χ0n) is 16.2. The van der Waals surface area contributed by atoms with Gasteiger partial charge in [0.1, 0.15) is 11.9 Å². The van der Waals surface area contributed by atoms with Gasteiger partial charge < -0.3 is 9.84 Å². The molecule has 1 fully saturated rings. The number of aromatic nitrogens is 2. The fourth-order valence-corrected chi connectivity index (χ4v) is 3.51. The monoisotopic (exact) mass is 386 g/mol. The molecule has 1 aliphatic rings. The number of nitrogens with zero attached hydrogens (tertiary/aromatic N) is 2. The van der Waals surface area contributed by atoms with Crippen LogP contribution in [0.5, 0.6) is 0 Å². The molecule has 5 heteroatoms. The predicted molar refractivity (Wildman–Crippen MR) is 112 cm³/mol. The number of ether oxygens (including phenoxy) is 1. The Labute approximate surface area is 169 Å². The summed E-state index contributed by atoms with van der Waals surface area (Å²) in [7, 11) is 0. The number of aliphatic hydroxyl groups is 1. The van der Waals surface area contributed by atoms with Gasteiger partial charge in [-0.3, -0.25) is 9.36 Å². The average molecular weight is 386 g/mol. The maximum absolute atomic E-state index is 11.5. The third kappa shape index (κ3) is 4.21. The molecule has 146 valence electrons. The summed E-state index contributed by atoms with van der Waals surface area (Å²) in [4.78, 5) is 16.3. The Morgan fingerprint density at radius 2 is 1.76 bits per heavy atom. The van der Waals surface area contributed by atoms with Gasteiger partial charge in [-0.25, -0.2) is 4.98 Å². The third-order valence-corrected chi connectivity index (χ3v) is 4.86. The van der Waals surface area contributed by atoms with Gasteiger partial charge in [0.25, 0.3) is 0 Å². The molecule has 1 saturated heterocycles. The number of hydrogen-bond donors (Lipinski definition) is 1. The van der Waals surface area contributed by atoms with Crippen LogP contribution < -0.4 is 0 Å². The molecule has 2 aromatic carbocycles. The number of carbonyl (C=O) groups is 1. The topological polar surface area (TPSA) is 64.3 Å². The molecule has 1 aromatic heterocycles. The number of cyclic esters (lactones) is 1. The molecule has 0 spiro atoms. The maximum Gasteiger partial charge on any atom is 0.309 e.